The molecule has 0 heterocycles. The molecule has 1 aromatic rings. The summed E-state index contributed by atoms with van der Waals surface area (Å²) in [5.74, 6) is 0. The third-order valence-electron chi connectivity index (χ3n) is 5.01. The Morgan fingerprint density at radius 2 is 1.21 bits per heavy atom. The summed E-state index contributed by atoms with van der Waals surface area (Å²) < 4.78 is 27.2. The molecule has 0 aliphatic rings. The molecule has 0 radical (unpaired) electrons. The van der Waals surface area contributed by atoms with Crippen LogP contribution >= 0.6 is 23.2 Å². The van der Waals surface area contributed by atoms with E-state index in [4.69, 9.17) is 23.2 Å². The lowest BCUT2D eigenvalue weighted by atomic mass is 10.0. The van der Waals surface area contributed by atoms with Crippen LogP contribution in [0.15, 0.2) is 23.1 Å². The summed E-state index contributed by atoms with van der Waals surface area (Å²) >= 11 is 11.8. The number of hydrogen-bond acceptors (Lipinski definition) is 2. The zero-order valence-electron chi connectivity index (χ0n) is 17.3. The maximum Gasteiger partial charge on any atom is 0.242 e. The Labute approximate surface area is 182 Å². The van der Waals surface area contributed by atoms with E-state index < -0.39 is 10.0 Å². The van der Waals surface area contributed by atoms with E-state index in [0.29, 0.717) is 11.6 Å². The number of benzene rings is 1. The summed E-state index contributed by atoms with van der Waals surface area (Å²) in [7, 11) is -3.60. The van der Waals surface area contributed by atoms with Crippen molar-refractivity contribution in [1.82, 2.24) is 4.72 Å². The number of sulfonamides is 1. The molecule has 0 spiro atoms. The van der Waals surface area contributed by atoms with Gasteiger partial charge in [-0.2, -0.15) is 0 Å². The van der Waals surface area contributed by atoms with Crippen LogP contribution in [0.1, 0.15) is 96.8 Å². The van der Waals surface area contributed by atoms with Crippen LogP contribution in [-0.4, -0.2) is 15.0 Å². The summed E-state index contributed by atoms with van der Waals surface area (Å²) in [6.45, 7) is 2.69. The normalized spacial score (nSPS) is 11.8. The second kappa shape index (κ2) is 15.5. The summed E-state index contributed by atoms with van der Waals surface area (Å²) in [6, 6.07) is 4.47. The number of halogens is 2. The van der Waals surface area contributed by atoms with Crippen LogP contribution in [0.2, 0.25) is 10.0 Å². The molecule has 0 bridgehead atoms. The van der Waals surface area contributed by atoms with Crippen molar-refractivity contribution in [2.75, 3.05) is 6.54 Å². The molecule has 6 heteroatoms. The molecule has 0 saturated carbocycles. The first-order valence-corrected chi connectivity index (χ1v) is 13.2. The van der Waals surface area contributed by atoms with Crippen molar-refractivity contribution in [2.24, 2.45) is 0 Å². The summed E-state index contributed by atoms with van der Waals surface area (Å²) in [4.78, 5) is 0.0482. The summed E-state index contributed by atoms with van der Waals surface area (Å²) in [5.41, 5.74) is 0. The molecule has 162 valence electrons. The third kappa shape index (κ3) is 11.6. The molecule has 3 nitrogen and oxygen atoms in total. The van der Waals surface area contributed by atoms with E-state index in [1.165, 1.54) is 82.8 Å². The molecule has 0 atom stereocenters. The van der Waals surface area contributed by atoms with E-state index >= 15 is 0 Å². The molecule has 1 N–H and O–H groups in total. The molecule has 0 aliphatic carbocycles. The van der Waals surface area contributed by atoms with E-state index in [0.717, 1.165) is 19.3 Å². The van der Waals surface area contributed by atoms with E-state index in [-0.39, 0.29) is 9.92 Å². The smallest absolute Gasteiger partial charge is 0.211 e. The van der Waals surface area contributed by atoms with Crippen molar-refractivity contribution >= 4 is 33.2 Å². The van der Waals surface area contributed by atoms with Crippen LogP contribution in [0.5, 0.6) is 0 Å². The summed E-state index contributed by atoms with van der Waals surface area (Å²) in [6.07, 6.45) is 17.9. The highest BCUT2D eigenvalue weighted by Gasteiger charge is 2.17. The molecular weight excluding hydrogens is 413 g/mol. The maximum atomic E-state index is 12.3. The van der Waals surface area contributed by atoms with Gasteiger partial charge in [-0.3, -0.25) is 0 Å². The van der Waals surface area contributed by atoms with E-state index in [2.05, 4.69) is 11.6 Å². The number of nitrogens with one attached hydrogen (secondary N) is 1. The predicted molar refractivity (Wildman–Crippen MR) is 122 cm³/mol. The minimum Gasteiger partial charge on any atom is -0.211 e. The monoisotopic (exact) mass is 449 g/mol. The molecule has 0 unspecified atom stereocenters. The van der Waals surface area contributed by atoms with Crippen LogP contribution < -0.4 is 4.72 Å². The van der Waals surface area contributed by atoms with Gasteiger partial charge in [0.05, 0.1) is 5.02 Å². The fourth-order valence-electron chi connectivity index (χ4n) is 3.29. The Hall–Kier alpha value is -0.290. The molecule has 1 rings (SSSR count). The molecular formula is C22H37Cl2NO2S. The molecule has 0 saturated heterocycles. The van der Waals surface area contributed by atoms with Crippen molar-refractivity contribution in [2.45, 2.75) is 102 Å². The van der Waals surface area contributed by atoms with Gasteiger partial charge in [-0.05, 0) is 24.6 Å². The second-order valence-electron chi connectivity index (χ2n) is 7.57. The standard InChI is InChI=1S/C22H37Cl2NO2S/c1-2-3-4-5-6-7-8-9-10-11-12-13-14-15-18-25-28(26,27)22-19-20(23)16-17-21(22)24/h16-17,19,25H,2-15,18H2,1H3. The summed E-state index contributed by atoms with van der Waals surface area (Å²) in [5, 5.41) is 0.555. The molecule has 0 aromatic heterocycles. The van der Waals surface area contributed by atoms with Gasteiger partial charge in [-0.15, -0.1) is 0 Å². The first kappa shape index (κ1) is 25.7. The van der Waals surface area contributed by atoms with Gasteiger partial charge in [-0.1, -0.05) is 114 Å². The van der Waals surface area contributed by atoms with E-state index in [1.807, 2.05) is 0 Å². The molecule has 0 aliphatic heterocycles. The van der Waals surface area contributed by atoms with Gasteiger partial charge in [0.15, 0.2) is 0 Å². The van der Waals surface area contributed by atoms with Gasteiger partial charge in [0, 0.05) is 11.6 Å². The van der Waals surface area contributed by atoms with Crippen molar-refractivity contribution in [3.8, 4) is 0 Å². The fraction of sp³-hybridized carbons (Fsp3) is 0.727. The predicted octanol–water partition coefficient (Wildman–Crippen LogP) is 7.75. The lowest BCUT2D eigenvalue weighted by Gasteiger charge is -2.09. The Morgan fingerprint density at radius 1 is 0.750 bits per heavy atom. The van der Waals surface area contributed by atoms with E-state index in [9.17, 15) is 8.42 Å². The quantitative estimate of drug-likeness (QED) is 0.247. The first-order valence-electron chi connectivity index (χ1n) is 10.9. The average molecular weight is 451 g/mol. The lowest BCUT2D eigenvalue weighted by Crippen LogP contribution is -2.25. The zero-order chi connectivity index (χ0) is 20.7. The van der Waals surface area contributed by atoms with Gasteiger partial charge >= 0.3 is 0 Å². The topological polar surface area (TPSA) is 46.2 Å². The van der Waals surface area contributed by atoms with Gasteiger partial charge in [0.2, 0.25) is 10.0 Å². The van der Waals surface area contributed by atoms with E-state index in [1.54, 1.807) is 6.07 Å². The minimum atomic E-state index is -3.60. The van der Waals surface area contributed by atoms with Crippen LogP contribution in [0.3, 0.4) is 0 Å². The lowest BCUT2D eigenvalue weighted by molar-refractivity contribution is 0.533. The largest absolute Gasteiger partial charge is 0.242 e. The minimum absolute atomic E-state index is 0.0482. The molecule has 28 heavy (non-hydrogen) atoms. The highest BCUT2D eigenvalue weighted by atomic mass is 35.5. The van der Waals surface area contributed by atoms with Gasteiger partial charge in [0.1, 0.15) is 4.90 Å². The number of unbranched alkanes of at least 4 members (excludes halogenated alkanes) is 13. The first-order chi connectivity index (χ1) is 13.5. The van der Waals surface area contributed by atoms with Crippen LogP contribution in [-0.2, 0) is 10.0 Å². The Balaban J connectivity index is 1.98. The Bertz CT molecular complexity index is 635. The van der Waals surface area contributed by atoms with Gasteiger partial charge < -0.3 is 0 Å². The van der Waals surface area contributed by atoms with Crippen LogP contribution in [0.4, 0.5) is 0 Å². The number of rotatable bonds is 17. The average Bonchev–Trinajstić information content (AvgIpc) is 2.66. The SMILES string of the molecule is CCCCCCCCCCCCCCCCNS(=O)(=O)c1cc(Cl)ccc1Cl. The van der Waals surface area contributed by atoms with Crippen LogP contribution in [0.25, 0.3) is 0 Å². The molecule has 0 fully saturated rings. The fourth-order valence-corrected chi connectivity index (χ4v) is 5.12. The molecule has 1 aromatic carbocycles. The van der Waals surface area contributed by atoms with Crippen molar-refractivity contribution < 1.29 is 8.42 Å². The molecule has 0 amide bonds. The maximum absolute atomic E-state index is 12.3. The van der Waals surface area contributed by atoms with Crippen molar-refractivity contribution in [1.29, 1.82) is 0 Å². The third-order valence-corrected chi connectivity index (χ3v) is 7.18. The van der Waals surface area contributed by atoms with Crippen molar-refractivity contribution in [3.63, 3.8) is 0 Å². The second-order valence-corrected chi connectivity index (χ2v) is 10.1. The van der Waals surface area contributed by atoms with Crippen LogP contribution in [0, 0.1) is 0 Å². The van der Waals surface area contributed by atoms with Gasteiger partial charge in [-0.25, -0.2) is 13.1 Å². The Kier molecular flexibility index (Phi) is 14.3. The highest BCUT2D eigenvalue weighted by molar-refractivity contribution is 7.89. The zero-order valence-corrected chi connectivity index (χ0v) is 19.6. The Morgan fingerprint density at radius 3 is 1.71 bits per heavy atom. The highest BCUT2D eigenvalue weighted by Crippen LogP contribution is 2.24. The van der Waals surface area contributed by atoms with Crippen molar-refractivity contribution in [3.05, 3.63) is 28.2 Å². The number of hydrogen-bond donors (Lipinski definition) is 1. The van der Waals surface area contributed by atoms with Gasteiger partial charge in [0.25, 0.3) is 0 Å².